The Labute approximate surface area is 124 Å². The van der Waals surface area contributed by atoms with E-state index in [9.17, 15) is 0 Å². The molecule has 1 saturated heterocycles. The molecule has 21 heavy (non-hydrogen) atoms. The minimum Gasteiger partial charge on any atom is -0.357 e. The van der Waals surface area contributed by atoms with Crippen LogP contribution in [0.3, 0.4) is 0 Å². The molecule has 112 valence electrons. The highest BCUT2D eigenvalue weighted by atomic mass is 15.4. The Morgan fingerprint density at radius 3 is 2.43 bits per heavy atom. The molecule has 2 atom stereocenters. The Hall–Kier alpha value is -2.18. The minimum absolute atomic E-state index is 0.542. The lowest BCUT2D eigenvalue weighted by molar-refractivity contribution is 0.353. The molecule has 3 heterocycles. The van der Waals surface area contributed by atoms with Crippen LogP contribution in [-0.4, -0.2) is 44.9 Å². The predicted molar refractivity (Wildman–Crippen MR) is 81.7 cm³/mol. The first-order chi connectivity index (χ1) is 10.2. The Bertz CT molecular complexity index is 585. The number of piperidine rings is 1. The second-order valence-electron chi connectivity index (χ2n) is 5.81. The average Bonchev–Trinajstić information content (AvgIpc) is 3.00. The van der Waals surface area contributed by atoms with Gasteiger partial charge in [0.2, 0.25) is 11.9 Å². The maximum atomic E-state index is 4.58. The lowest BCUT2D eigenvalue weighted by Crippen LogP contribution is -2.40. The molecule has 3 rings (SSSR count). The molecule has 1 aliphatic rings. The van der Waals surface area contributed by atoms with Gasteiger partial charge in [-0.3, -0.25) is 0 Å². The SMILES string of the molecule is CNc1nc(N2CC(C)CC(C)C2)nc(-n2cccn2)n1. The van der Waals surface area contributed by atoms with E-state index in [-0.39, 0.29) is 0 Å². The summed E-state index contributed by atoms with van der Waals surface area (Å²) in [6.45, 7) is 6.51. The number of anilines is 2. The summed E-state index contributed by atoms with van der Waals surface area (Å²) >= 11 is 0. The van der Waals surface area contributed by atoms with Crippen molar-refractivity contribution in [3.05, 3.63) is 18.5 Å². The smallest absolute Gasteiger partial charge is 0.257 e. The van der Waals surface area contributed by atoms with Crippen molar-refractivity contribution in [1.29, 1.82) is 0 Å². The molecular formula is C14H21N7. The van der Waals surface area contributed by atoms with Gasteiger partial charge in [-0.1, -0.05) is 13.8 Å². The van der Waals surface area contributed by atoms with Gasteiger partial charge in [-0.15, -0.1) is 0 Å². The van der Waals surface area contributed by atoms with Crippen molar-refractivity contribution in [2.45, 2.75) is 20.3 Å². The highest BCUT2D eigenvalue weighted by Gasteiger charge is 2.24. The van der Waals surface area contributed by atoms with Crippen molar-refractivity contribution < 1.29 is 0 Å². The quantitative estimate of drug-likeness (QED) is 0.924. The number of nitrogens with zero attached hydrogens (tertiary/aromatic N) is 6. The van der Waals surface area contributed by atoms with E-state index in [1.54, 1.807) is 10.9 Å². The van der Waals surface area contributed by atoms with Crippen molar-refractivity contribution in [3.63, 3.8) is 0 Å². The number of rotatable bonds is 3. The lowest BCUT2D eigenvalue weighted by atomic mass is 9.92. The molecule has 1 N–H and O–H groups in total. The normalized spacial score (nSPS) is 22.3. The maximum Gasteiger partial charge on any atom is 0.257 e. The van der Waals surface area contributed by atoms with Crippen LogP contribution >= 0.6 is 0 Å². The summed E-state index contributed by atoms with van der Waals surface area (Å²) in [6.07, 6.45) is 4.81. The van der Waals surface area contributed by atoms with Crippen molar-refractivity contribution in [1.82, 2.24) is 24.7 Å². The molecule has 1 aliphatic heterocycles. The molecule has 2 aromatic heterocycles. The zero-order chi connectivity index (χ0) is 14.8. The molecule has 2 aromatic rings. The van der Waals surface area contributed by atoms with Crippen LogP contribution in [0, 0.1) is 11.8 Å². The molecule has 0 saturated carbocycles. The average molecular weight is 287 g/mol. The molecule has 7 nitrogen and oxygen atoms in total. The van der Waals surface area contributed by atoms with E-state index in [1.165, 1.54) is 6.42 Å². The highest BCUT2D eigenvalue weighted by molar-refractivity contribution is 5.40. The second kappa shape index (κ2) is 5.67. The van der Waals surface area contributed by atoms with Crippen molar-refractivity contribution >= 4 is 11.9 Å². The summed E-state index contributed by atoms with van der Waals surface area (Å²) in [5.41, 5.74) is 0. The van der Waals surface area contributed by atoms with Gasteiger partial charge in [-0.2, -0.15) is 20.1 Å². The molecule has 0 bridgehead atoms. The summed E-state index contributed by atoms with van der Waals surface area (Å²) in [4.78, 5) is 15.7. The molecule has 7 heteroatoms. The third kappa shape index (κ3) is 2.96. The van der Waals surface area contributed by atoms with Crippen molar-refractivity contribution in [2.75, 3.05) is 30.4 Å². The summed E-state index contributed by atoms with van der Waals surface area (Å²) in [5.74, 6) is 3.13. The van der Waals surface area contributed by atoms with Gasteiger partial charge in [0, 0.05) is 32.5 Å². The standard InChI is InChI=1S/C14H21N7/c1-10-7-11(2)9-20(8-10)13-17-12(15-3)18-14(19-13)21-6-4-5-16-21/h4-6,10-11H,7-9H2,1-3H3,(H,15,17,18,19). The van der Waals surface area contributed by atoms with Crippen molar-refractivity contribution in [2.24, 2.45) is 11.8 Å². The van der Waals surface area contributed by atoms with Crippen LogP contribution in [0.25, 0.3) is 5.95 Å². The number of aromatic nitrogens is 5. The minimum atomic E-state index is 0.542. The highest BCUT2D eigenvalue weighted by Crippen LogP contribution is 2.24. The fourth-order valence-electron chi connectivity index (χ4n) is 2.92. The molecule has 0 aromatic carbocycles. The number of nitrogens with one attached hydrogen (secondary N) is 1. The number of hydrogen-bond donors (Lipinski definition) is 1. The molecule has 0 amide bonds. The van der Waals surface area contributed by atoms with Crippen LogP contribution in [0.2, 0.25) is 0 Å². The molecule has 1 fully saturated rings. The third-order valence-corrected chi connectivity index (χ3v) is 3.70. The van der Waals surface area contributed by atoms with E-state index < -0.39 is 0 Å². The summed E-state index contributed by atoms with van der Waals surface area (Å²) in [6, 6.07) is 1.85. The van der Waals surface area contributed by atoms with Gasteiger partial charge in [0.1, 0.15) is 0 Å². The van der Waals surface area contributed by atoms with E-state index in [0.717, 1.165) is 19.0 Å². The first kappa shape index (κ1) is 13.8. The van der Waals surface area contributed by atoms with Crippen molar-refractivity contribution in [3.8, 4) is 5.95 Å². The van der Waals surface area contributed by atoms with E-state index in [1.807, 2.05) is 19.3 Å². The van der Waals surface area contributed by atoms with Gasteiger partial charge in [-0.05, 0) is 24.3 Å². The fourth-order valence-corrected chi connectivity index (χ4v) is 2.92. The molecular weight excluding hydrogens is 266 g/mol. The summed E-state index contributed by atoms with van der Waals surface area (Å²) in [5, 5.41) is 7.20. The molecule has 2 unspecified atom stereocenters. The monoisotopic (exact) mass is 287 g/mol. The lowest BCUT2D eigenvalue weighted by Gasteiger charge is -2.35. The van der Waals surface area contributed by atoms with Crippen LogP contribution in [0.1, 0.15) is 20.3 Å². The van der Waals surface area contributed by atoms with Crippen LogP contribution in [0.15, 0.2) is 18.5 Å². The van der Waals surface area contributed by atoms with E-state index >= 15 is 0 Å². The zero-order valence-corrected chi connectivity index (χ0v) is 12.7. The topological polar surface area (TPSA) is 71.8 Å². The van der Waals surface area contributed by atoms with Gasteiger partial charge in [0.25, 0.3) is 5.95 Å². The Morgan fingerprint density at radius 2 is 1.81 bits per heavy atom. The summed E-state index contributed by atoms with van der Waals surface area (Å²) < 4.78 is 1.66. The Balaban J connectivity index is 1.96. The zero-order valence-electron chi connectivity index (χ0n) is 12.7. The van der Waals surface area contributed by atoms with Crippen LogP contribution in [-0.2, 0) is 0 Å². The van der Waals surface area contributed by atoms with Gasteiger partial charge in [0.05, 0.1) is 0 Å². The van der Waals surface area contributed by atoms with Gasteiger partial charge >= 0.3 is 0 Å². The van der Waals surface area contributed by atoms with Crippen LogP contribution in [0.4, 0.5) is 11.9 Å². The third-order valence-electron chi connectivity index (χ3n) is 3.70. The predicted octanol–water partition coefficient (Wildman–Crippen LogP) is 1.58. The maximum absolute atomic E-state index is 4.58. The van der Waals surface area contributed by atoms with Gasteiger partial charge in [-0.25, -0.2) is 4.68 Å². The first-order valence-electron chi connectivity index (χ1n) is 7.34. The Morgan fingerprint density at radius 1 is 1.10 bits per heavy atom. The molecule has 0 spiro atoms. The largest absolute Gasteiger partial charge is 0.357 e. The fraction of sp³-hybridized carbons (Fsp3) is 0.571. The van der Waals surface area contributed by atoms with E-state index in [4.69, 9.17) is 0 Å². The molecule has 0 aliphatic carbocycles. The second-order valence-corrected chi connectivity index (χ2v) is 5.81. The summed E-state index contributed by atoms with van der Waals surface area (Å²) in [7, 11) is 1.81. The van der Waals surface area contributed by atoms with Gasteiger partial charge in [0.15, 0.2) is 0 Å². The first-order valence-corrected chi connectivity index (χ1v) is 7.34. The number of hydrogen-bond acceptors (Lipinski definition) is 6. The van der Waals surface area contributed by atoms with Crippen LogP contribution in [0.5, 0.6) is 0 Å². The Kier molecular flexibility index (Phi) is 3.72. The van der Waals surface area contributed by atoms with Gasteiger partial charge < -0.3 is 10.2 Å². The van der Waals surface area contributed by atoms with E-state index in [2.05, 4.69) is 44.1 Å². The van der Waals surface area contributed by atoms with Crippen LogP contribution < -0.4 is 10.2 Å². The van der Waals surface area contributed by atoms with E-state index in [0.29, 0.717) is 23.7 Å². The molecule has 0 radical (unpaired) electrons.